The molecule has 0 saturated carbocycles. The minimum atomic E-state index is -0.276. The highest BCUT2D eigenvalue weighted by Crippen LogP contribution is 2.25. The van der Waals surface area contributed by atoms with Gasteiger partial charge in [-0.15, -0.1) is 0 Å². The van der Waals surface area contributed by atoms with Gasteiger partial charge < -0.3 is 14.8 Å². The number of halogens is 1. The Morgan fingerprint density at radius 2 is 2.04 bits per heavy atom. The van der Waals surface area contributed by atoms with E-state index in [1.807, 2.05) is 13.8 Å². The highest BCUT2D eigenvalue weighted by atomic mass is 19.1. The molecule has 1 amide bonds. The van der Waals surface area contributed by atoms with E-state index >= 15 is 0 Å². The molecule has 0 radical (unpaired) electrons. The highest BCUT2D eigenvalue weighted by molar-refractivity contribution is 5.94. The number of nitrogens with one attached hydrogen (secondary N) is 2. The van der Waals surface area contributed by atoms with E-state index in [-0.39, 0.29) is 23.6 Å². The third kappa shape index (κ3) is 3.60. The minimum absolute atomic E-state index is 0.0434. The third-order valence-corrected chi connectivity index (χ3v) is 4.65. The molecule has 0 bridgehead atoms. The van der Waals surface area contributed by atoms with Gasteiger partial charge in [0.15, 0.2) is 5.82 Å². The Kier molecular flexibility index (Phi) is 4.47. The normalized spacial score (nSPS) is 16.9. The lowest BCUT2D eigenvalue weighted by Gasteiger charge is -2.14. The molecule has 7 nitrogen and oxygen atoms in total. The highest BCUT2D eigenvalue weighted by Gasteiger charge is 2.26. The zero-order valence-electron chi connectivity index (χ0n) is 15.1. The molecular weight excluding hydrogens is 349 g/mol. The molecular formula is C19H20FN5O2. The zero-order valence-corrected chi connectivity index (χ0v) is 15.1. The maximum absolute atomic E-state index is 13.2. The summed E-state index contributed by atoms with van der Waals surface area (Å²) in [5.41, 5.74) is 2.13. The van der Waals surface area contributed by atoms with E-state index < -0.39 is 0 Å². The average molecular weight is 369 g/mol. The van der Waals surface area contributed by atoms with Gasteiger partial charge in [0.05, 0.1) is 6.42 Å². The maximum Gasteiger partial charge on any atom is 0.271 e. The van der Waals surface area contributed by atoms with E-state index in [1.165, 1.54) is 12.1 Å². The molecule has 1 aliphatic rings. The van der Waals surface area contributed by atoms with Crippen molar-refractivity contribution in [3.05, 3.63) is 64.6 Å². The van der Waals surface area contributed by atoms with Crippen LogP contribution in [-0.2, 0) is 12.8 Å². The minimum Gasteiger partial charge on any atom is -0.350 e. The monoisotopic (exact) mass is 369 g/mol. The van der Waals surface area contributed by atoms with Gasteiger partial charge in [0.25, 0.3) is 5.91 Å². The number of aromatic nitrogens is 4. The Morgan fingerprint density at radius 3 is 2.74 bits per heavy atom. The molecule has 3 heterocycles. The van der Waals surface area contributed by atoms with Gasteiger partial charge in [-0.3, -0.25) is 4.79 Å². The number of fused-ring (bicyclic) bond motifs is 1. The Bertz CT molecular complexity index is 961. The predicted molar refractivity (Wildman–Crippen MR) is 95.0 cm³/mol. The van der Waals surface area contributed by atoms with E-state index in [2.05, 4.69) is 25.4 Å². The molecule has 8 heteroatoms. The van der Waals surface area contributed by atoms with Crippen molar-refractivity contribution < 1.29 is 13.7 Å². The van der Waals surface area contributed by atoms with Gasteiger partial charge in [-0.05, 0) is 24.1 Å². The molecule has 1 aliphatic heterocycles. The summed E-state index contributed by atoms with van der Waals surface area (Å²) in [7, 11) is 0. The SMILES string of the molecule is CC(C)c1nc(Cc2nc3c([nH]2)CC(c2ccc(F)cc2)CNC3=O)no1. The van der Waals surface area contributed by atoms with Crippen molar-refractivity contribution in [2.75, 3.05) is 6.54 Å². The van der Waals surface area contributed by atoms with E-state index in [1.54, 1.807) is 12.1 Å². The summed E-state index contributed by atoms with van der Waals surface area (Å²) in [6.45, 7) is 4.44. The van der Waals surface area contributed by atoms with Gasteiger partial charge in [-0.25, -0.2) is 9.37 Å². The van der Waals surface area contributed by atoms with Crippen LogP contribution in [0.2, 0.25) is 0 Å². The van der Waals surface area contributed by atoms with Gasteiger partial charge in [0, 0.05) is 24.1 Å². The first-order valence-corrected chi connectivity index (χ1v) is 8.93. The lowest BCUT2D eigenvalue weighted by atomic mass is 9.94. The van der Waals surface area contributed by atoms with Crippen molar-refractivity contribution in [3.8, 4) is 0 Å². The largest absolute Gasteiger partial charge is 0.350 e. The number of benzene rings is 1. The lowest BCUT2D eigenvalue weighted by molar-refractivity contribution is 0.0950. The van der Waals surface area contributed by atoms with Crippen LogP contribution < -0.4 is 5.32 Å². The Hall–Kier alpha value is -3.03. The average Bonchev–Trinajstić information content (AvgIpc) is 3.23. The van der Waals surface area contributed by atoms with Crippen LogP contribution in [0.4, 0.5) is 4.39 Å². The van der Waals surface area contributed by atoms with Gasteiger partial charge in [-0.2, -0.15) is 4.98 Å². The first-order chi connectivity index (χ1) is 13.0. The van der Waals surface area contributed by atoms with Crippen LogP contribution in [0.1, 0.15) is 65.0 Å². The number of amides is 1. The number of hydrogen-bond donors (Lipinski definition) is 2. The lowest BCUT2D eigenvalue weighted by Crippen LogP contribution is -2.26. The number of hydrogen-bond acceptors (Lipinski definition) is 5. The van der Waals surface area contributed by atoms with Crippen molar-refractivity contribution in [3.63, 3.8) is 0 Å². The number of carbonyl (C=O) groups is 1. The van der Waals surface area contributed by atoms with Crippen molar-refractivity contribution in [2.24, 2.45) is 0 Å². The van der Waals surface area contributed by atoms with E-state index in [0.717, 1.165) is 11.3 Å². The second-order valence-electron chi connectivity index (χ2n) is 7.05. The van der Waals surface area contributed by atoms with Gasteiger partial charge in [0.2, 0.25) is 5.89 Å². The van der Waals surface area contributed by atoms with Gasteiger partial charge in [0.1, 0.15) is 17.3 Å². The molecule has 0 aliphatic carbocycles. The first kappa shape index (κ1) is 17.4. The van der Waals surface area contributed by atoms with Crippen LogP contribution in [0.25, 0.3) is 0 Å². The van der Waals surface area contributed by atoms with Crippen LogP contribution in [0.5, 0.6) is 0 Å². The summed E-state index contributed by atoms with van der Waals surface area (Å²) in [4.78, 5) is 24.4. The molecule has 2 aromatic heterocycles. The zero-order chi connectivity index (χ0) is 19.0. The summed E-state index contributed by atoms with van der Waals surface area (Å²) >= 11 is 0. The fourth-order valence-electron chi connectivity index (χ4n) is 3.20. The number of aromatic amines is 1. The molecule has 2 N–H and O–H groups in total. The number of rotatable bonds is 4. The summed E-state index contributed by atoms with van der Waals surface area (Å²) in [5, 5.41) is 6.86. The van der Waals surface area contributed by atoms with Gasteiger partial charge in [-0.1, -0.05) is 31.1 Å². The van der Waals surface area contributed by atoms with Crippen LogP contribution in [0.3, 0.4) is 0 Å². The first-order valence-electron chi connectivity index (χ1n) is 8.93. The second-order valence-corrected chi connectivity index (χ2v) is 7.05. The van der Waals surface area contributed by atoms with Crippen LogP contribution in [0.15, 0.2) is 28.8 Å². The Balaban J connectivity index is 1.57. The molecule has 0 saturated heterocycles. The van der Waals surface area contributed by atoms with Crippen LogP contribution >= 0.6 is 0 Å². The summed E-state index contributed by atoms with van der Waals surface area (Å²) in [6.07, 6.45) is 0.966. The smallest absolute Gasteiger partial charge is 0.271 e. The molecule has 0 spiro atoms. The molecule has 1 aromatic carbocycles. The standard InChI is InChI=1S/C19H20FN5O2/c1-10(2)19-24-16(25-27-19)8-15-22-14-7-12(9-21-18(26)17(14)23-15)11-3-5-13(20)6-4-11/h3-6,10,12H,7-9H2,1-2H3,(H,21,26)(H,22,23). The van der Waals surface area contributed by atoms with Crippen molar-refractivity contribution in [1.29, 1.82) is 0 Å². The Labute approximate surface area is 155 Å². The van der Waals surface area contributed by atoms with Crippen molar-refractivity contribution >= 4 is 5.91 Å². The van der Waals surface area contributed by atoms with E-state index in [4.69, 9.17) is 4.52 Å². The summed E-state index contributed by atoms with van der Waals surface area (Å²) in [6, 6.07) is 6.37. The molecule has 27 heavy (non-hydrogen) atoms. The Morgan fingerprint density at radius 1 is 1.26 bits per heavy atom. The van der Waals surface area contributed by atoms with E-state index in [0.29, 0.717) is 42.6 Å². The van der Waals surface area contributed by atoms with Crippen molar-refractivity contribution in [1.82, 2.24) is 25.4 Å². The molecule has 4 rings (SSSR count). The maximum atomic E-state index is 13.2. The topological polar surface area (TPSA) is 96.7 Å². The van der Waals surface area contributed by atoms with Crippen molar-refractivity contribution in [2.45, 2.75) is 38.5 Å². The number of imidazole rings is 1. The molecule has 0 fully saturated rings. The summed E-state index contributed by atoms with van der Waals surface area (Å²) in [5.74, 6) is 1.43. The van der Waals surface area contributed by atoms with E-state index in [9.17, 15) is 9.18 Å². The number of nitrogens with zero attached hydrogens (tertiary/aromatic N) is 3. The fourth-order valence-corrected chi connectivity index (χ4v) is 3.20. The van der Waals surface area contributed by atoms with Gasteiger partial charge >= 0.3 is 0 Å². The number of H-pyrrole nitrogens is 1. The van der Waals surface area contributed by atoms with Crippen LogP contribution in [-0.4, -0.2) is 32.6 Å². The summed E-state index contributed by atoms with van der Waals surface area (Å²) < 4.78 is 18.4. The molecule has 1 unspecified atom stereocenters. The van der Waals surface area contributed by atoms with Crippen LogP contribution in [0, 0.1) is 5.82 Å². The molecule has 140 valence electrons. The second kappa shape index (κ2) is 6.94. The third-order valence-electron chi connectivity index (χ3n) is 4.65. The molecule has 1 atom stereocenters. The number of carbonyl (C=O) groups excluding carboxylic acids is 1. The predicted octanol–water partition coefficient (Wildman–Crippen LogP) is 2.72. The fraction of sp³-hybridized carbons (Fsp3) is 0.368. The molecule has 3 aromatic rings. The quantitative estimate of drug-likeness (QED) is 0.737.